The van der Waals surface area contributed by atoms with Gasteiger partial charge in [0.05, 0.1) is 11.5 Å². The van der Waals surface area contributed by atoms with Gasteiger partial charge in [0.2, 0.25) is 17.7 Å². The van der Waals surface area contributed by atoms with Crippen LogP contribution in [0.25, 0.3) is 0 Å². The van der Waals surface area contributed by atoms with Crippen molar-refractivity contribution in [3.05, 3.63) is 87.9 Å². The van der Waals surface area contributed by atoms with Crippen LogP contribution in [0.4, 0.5) is 4.79 Å². The number of hydrogen-bond donors (Lipinski definition) is 4. The van der Waals surface area contributed by atoms with Crippen LogP contribution in [-0.2, 0) is 51.2 Å². The van der Waals surface area contributed by atoms with Crippen molar-refractivity contribution >= 4 is 53.0 Å². The lowest BCUT2D eigenvalue weighted by Crippen LogP contribution is -2.60. The van der Waals surface area contributed by atoms with Crippen molar-refractivity contribution in [3.63, 3.8) is 0 Å². The third-order valence-corrected chi connectivity index (χ3v) is 13.5. The first-order valence-electron chi connectivity index (χ1n) is 24.4. The lowest BCUT2D eigenvalue weighted by atomic mass is 9.92. The Bertz CT molecular complexity index is 2230. The van der Waals surface area contributed by atoms with E-state index in [0.717, 1.165) is 22.5 Å². The number of esters is 2. The number of rotatable bonds is 25. The third kappa shape index (κ3) is 18.7. The zero-order valence-corrected chi connectivity index (χ0v) is 45.2. The van der Waals surface area contributed by atoms with Gasteiger partial charge in [-0.05, 0) is 98.4 Å². The number of carbonyl (C=O) groups excluding carboxylic acids is 7. The van der Waals surface area contributed by atoms with E-state index in [1.165, 1.54) is 13.8 Å². The van der Waals surface area contributed by atoms with Crippen molar-refractivity contribution in [1.82, 2.24) is 36.1 Å². The molecule has 1 aromatic heterocycles. The van der Waals surface area contributed by atoms with Crippen molar-refractivity contribution < 1.29 is 47.8 Å². The normalized spacial score (nSPS) is 15.2. The van der Waals surface area contributed by atoms with Crippen LogP contribution >= 0.6 is 11.3 Å². The van der Waals surface area contributed by atoms with E-state index in [0.29, 0.717) is 12.8 Å². The second kappa shape index (κ2) is 27.1. The van der Waals surface area contributed by atoms with E-state index in [4.69, 9.17) is 19.2 Å². The molecule has 0 saturated heterocycles. The van der Waals surface area contributed by atoms with E-state index in [9.17, 15) is 33.6 Å². The predicted molar refractivity (Wildman–Crippen MR) is 274 cm³/mol. The van der Waals surface area contributed by atoms with Gasteiger partial charge in [-0.2, -0.15) is 0 Å². The van der Waals surface area contributed by atoms with Gasteiger partial charge < -0.3 is 40.4 Å². The molecule has 0 aliphatic heterocycles. The summed E-state index contributed by atoms with van der Waals surface area (Å²) in [6, 6.07) is 14.7. The number of likely N-dealkylation sites (N-methyl/N-ethyl adjacent to an activating group) is 2. The van der Waals surface area contributed by atoms with Crippen LogP contribution in [-0.4, -0.2) is 119 Å². The summed E-state index contributed by atoms with van der Waals surface area (Å²) in [6.45, 7) is 21.1. The Kier molecular flexibility index (Phi) is 22.7. The molecule has 3 aromatic rings. The van der Waals surface area contributed by atoms with Crippen molar-refractivity contribution in [2.45, 2.75) is 163 Å². The van der Waals surface area contributed by atoms with E-state index in [2.05, 4.69) is 21.3 Å². The van der Waals surface area contributed by atoms with Crippen LogP contribution in [0.2, 0.25) is 0 Å². The summed E-state index contributed by atoms with van der Waals surface area (Å²) in [7, 11) is 5.23. The fraction of sp³-hybridized carbons (Fsp3) is 0.585. The molecule has 0 spiro atoms. The molecule has 18 heteroatoms. The van der Waals surface area contributed by atoms with Gasteiger partial charge in [-0.25, -0.2) is 14.6 Å². The standard InChI is InChI=1S/C53H79N7O10S/c1-16-33(4)43(58-50(66)53(11,12)59(13)14)47(63)60(15)41(32(2)3)29-42(69-49(65)36(7)54-44(61)35(6)55-51(67)70-52(8,9)10)46-57-40(31-71-46)45(62)56-39(28-37-23-19-17-20-24-37)27-34(5)48(64)68-30-38-25-21-18-22-26-38/h17-26,31-36,39,41-43H,16,27-30H2,1-15H3,(H,54,61)(H,55,67)(H,56,62)(H,58,66)/t33-,34-,35-,36-,39+,41+,42+,43-/m0/s1. The van der Waals surface area contributed by atoms with E-state index in [1.54, 1.807) is 77.9 Å². The highest BCUT2D eigenvalue weighted by molar-refractivity contribution is 7.09. The Morgan fingerprint density at radius 2 is 1.32 bits per heavy atom. The number of carbonyl (C=O) groups is 7. The van der Waals surface area contributed by atoms with Crippen LogP contribution in [0.15, 0.2) is 66.0 Å². The maximum Gasteiger partial charge on any atom is 0.408 e. The van der Waals surface area contributed by atoms with Crippen LogP contribution in [0, 0.1) is 17.8 Å². The highest BCUT2D eigenvalue weighted by atomic mass is 32.1. The minimum atomic E-state index is -1.21. The number of nitrogens with zero attached hydrogens (tertiary/aromatic N) is 3. The van der Waals surface area contributed by atoms with Gasteiger partial charge in [0.25, 0.3) is 5.91 Å². The molecule has 2 aromatic carbocycles. The number of benzene rings is 2. The molecule has 3 rings (SSSR count). The first-order chi connectivity index (χ1) is 33.1. The number of ether oxygens (including phenoxy) is 3. The Morgan fingerprint density at radius 1 is 0.732 bits per heavy atom. The lowest BCUT2D eigenvalue weighted by Gasteiger charge is -2.38. The minimum absolute atomic E-state index is 0.0289. The zero-order chi connectivity index (χ0) is 53.4. The molecule has 392 valence electrons. The van der Waals surface area contributed by atoms with Crippen molar-refractivity contribution in [3.8, 4) is 0 Å². The number of aromatic nitrogens is 1. The number of amides is 5. The molecule has 1 heterocycles. The summed E-state index contributed by atoms with van der Waals surface area (Å²) in [5.41, 5.74) is 0.121. The van der Waals surface area contributed by atoms with E-state index < -0.39 is 83.2 Å². The van der Waals surface area contributed by atoms with Crippen LogP contribution in [0.1, 0.15) is 135 Å². The molecule has 0 fully saturated rings. The van der Waals surface area contributed by atoms with Crippen molar-refractivity contribution in [2.24, 2.45) is 17.8 Å². The summed E-state index contributed by atoms with van der Waals surface area (Å²) in [5.74, 6) is -4.09. The molecule has 0 saturated carbocycles. The SMILES string of the molecule is CC[C@H](C)[C@H](NC(=O)C(C)(C)N(C)C)C(=O)N(C)[C@H](C[C@@H](OC(=O)[C@H](C)NC(=O)[C@H](C)NC(=O)OC(C)(C)C)c1nc(C(=O)N[C@@H](Cc2ccccc2)C[C@H](C)C(=O)OCc2ccccc2)cs1)C(C)C. The molecular weight excluding hydrogens is 927 g/mol. The quantitative estimate of drug-likeness (QED) is 0.0499. The fourth-order valence-corrected chi connectivity index (χ4v) is 8.20. The zero-order valence-electron chi connectivity index (χ0n) is 44.4. The molecule has 0 bridgehead atoms. The maximum atomic E-state index is 14.6. The van der Waals surface area contributed by atoms with E-state index in [1.807, 2.05) is 88.4 Å². The van der Waals surface area contributed by atoms with E-state index in [-0.39, 0.29) is 53.8 Å². The number of nitrogens with one attached hydrogen (secondary N) is 4. The van der Waals surface area contributed by atoms with E-state index >= 15 is 0 Å². The van der Waals surface area contributed by atoms with Gasteiger partial charge >= 0.3 is 18.0 Å². The van der Waals surface area contributed by atoms with Crippen LogP contribution in [0.3, 0.4) is 0 Å². The minimum Gasteiger partial charge on any atom is -0.461 e. The molecule has 8 atom stereocenters. The molecule has 5 amide bonds. The molecule has 71 heavy (non-hydrogen) atoms. The first kappa shape index (κ1) is 59.4. The van der Waals surface area contributed by atoms with Gasteiger partial charge in [0, 0.05) is 30.9 Å². The van der Waals surface area contributed by atoms with Crippen LogP contribution in [0.5, 0.6) is 0 Å². The number of hydrogen-bond acceptors (Lipinski definition) is 13. The second-order valence-corrected chi connectivity index (χ2v) is 21.4. The second-order valence-electron chi connectivity index (χ2n) is 20.5. The predicted octanol–water partition coefficient (Wildman–Crippen LogP) is 7.00. The van der Waals surface area contributed by atoms with Gasteiger partial charge in [-0.15, -0.1) is 11.3 Å². The summed E-state index contributed by atoms with van der Waals surface area (Å²) < 4.78 is 17.1. The summed E-state index contributed by atoms with van der Waals surface area (Å²) in [6.07, 6.45) is -0.629. The number of alkyl carbamates (subject to hydrolysis) is 1. The average Bonchev–Trinajstić information content (AvgIpc) is 3.81. The van der Waals surface area contributed by atoms with Gasteiger partial charge in [0.1, 0.15) is 41.0 Å². The largest absolute Gasteiger partial charge is 0.461 e. The summed E-state index contributed by atoms with van der Waals surface area (Å²) >= 11 is 1.09. The molecule has 0 unspecified atom stereocenters. The lowest BCUT2D eigenvalue weighted by molar-refractivity contribution is -0.155. The van der Waals surface area contributed by atoms with Crippen molar-refractivity contribution in [2.75, 3.05) is 21.1 Å². The van der Waals surface area contributed by atoms with Crippen molar-refractivity contribution in [1.29, 1.82) is 0 Å². The monoisotopic (exact) mass is 1010 g/mol. The molecular formula is C53H79N7O10S. The Balaban J connectivity index is 1.97. The summed E-state index contributed by atoms with van der Waals surface area (Å²) in [5, 5.41) is 13.0. The average molecular weight is 1010 g/mol. The molecule has 0 radical (unpaired) electrons. The highest BCUT2D eigenvalue weighted by Crippen LogP contribution is 2.32. The first-order valence-corrected chi connectivity index (χ1v) is 25.3. The third-order valence-electron chi connectivity index (χ3n) is 12.6. The van der Waals surface area contributed by atoms with Gasteiger partial charge in [-0.3, -0.25) is 28.9 Å². The molecule has 4 N–H and O–H groups in total. The molecule has 0 aliphatic carbocycles. The number of thiazole rings is 1. The van der Waals surface area contributed by atoms with Gasteiger partial charge in [0.15, 0.2) is 6.10 Å². The maximum absolute atomic E-state index is 14.6. The molecule has 0 aliphatic rings. The van der Waals surface area contributed by atoms with Gasteiger partial charge in [-0.1, -0.05) is 102 Å². The fourth-order valence-electron chi connectivity index (χ4n) is 7.36. The Morgan fingerprint density at radius 3 is 1.87 bits per heavy atom. The highest BCUT2D eigenvalue weighted by Gasteiger charge is 2.39. The summed E-state index contributed by atoms with van der Waals surface area (Å²) in [4.78, 5) is 103. The smallest absolute Gasteiger partial charge is 0.408 e. The Labute approximate surface area is 424 Å². The van der Waals surface area contributed by atoms with Crippen LogP contribution < -0.4 is 21.3 Å². The Hall–Kier alpha value is -5.88. The molecule has 17 nitrogen and oxygen atoms in total. The topological polar surface area (TPSA) is 215 Å².